The first-order chi connectivity index (χ1) is 20.4. The Morgan fingerprint density at radius 1 is 1.02 bits per heavy atom. The van der Waals surface area contributed by atoms with Crippen molar-refractivity contribution in [3.05, 3.63) is 36.5 Å². The van der Waals surface area contributed by atoms with Gasteiger partial charge in [0, 0.05) is 61.8 Å². The fourth-order valence-electron chi connectivity index (χ4n) is 6.29. The van der Waals surface area contributed by atoms with Gasteiger partial charge in [-0.15, -0.1) is 10.2 Å². The normalized spacial score (nSPS) is 19.3. The van der Waals surface area contributed by atoms with Crippen LogP contribution in [0.5, 0.6) is 0 Å². The summed E-state index contributed by atoms with van der Waals surface area (Å²) in [6.45, 7) is 7.30. The summed E-state index contributed by atoms with van der Waals surface area (Å²) in [6.07, 6.45) is 10.4. The number of hydrogen-bond donors (Lipinski definition) is 1. The number of nitrogens with zero attached hydrogens (tertiary/aromatic N) is 6. The molecule has 3 aromatic rings. The Morgan fingerprint density at radius 2 is 1.79 bits per heavy atom. The maximum atomic E-state index is 10.9. The maximum Gasteiger partial charge on any atom is 0.250 e. The molecule has 4 heterocycles. The van der Waals surface area contributed by atoms with Gasteiger partial charge in [-0.05, 0) is 106 Å². The second-order valence-corrected chi connectivity index (χ2v) is 13.9. The number of carbonyl (C=O) groups is 1. The van der Waals surface area contributed by atoms with Crippen molar-refractivity contribution in [1.29, 1.82) is 0 Å². The molecule has 2 saturated heterocycles. The van der Waals surface area contributed by atoms with Gasteiger partial charge >= 0.3 is 0 Å². The third-order valence-corrected chi connectivity index (χ3v) is 10.0. The standard InChI is InChI=1S/C32H43N7O2S/c1-32(22-37(2)3)12-17-38(18-13-32)28-21-25(36-42-26-5-6-26)4-7-27(28)31-35-34-30(41-31)24-8-14-33-29(20-24)39-15-9-23(10-16-39)11-19-40/h4,7-8,14,19-21,23,26,36H,5-6,9-13,15-18,22H2,1-3H3. The molecule has 1 N–H and O–H groups in total. The fourth-order valence-corrected chi connectivity index (χ4v) is 7.09. The van der Waals surface area contributed by atoms with Gasteiger partial charge in [0.05, 0.1) is 11.3 Å². The first kappa shape index (κ1) is 29.0. The molecule has 42 heavy (non-hydrogen) atoms. The van der Waals surface area contributed by atoms with Gasteiger partial charge in [-0.25, -0.2) is 4.98 Å². The van der Waals surface area contributed by atoms with Crippen molar-refractivity contribution in [3.63, 3.8) is 0 Å². The van der Waals surface area contributed by atoms with E-state index >= 15 is 0 Å². The molecule has 0 atom stereocenters. The van der Waals surface area contributed by atoms with Crippen LogP contribution in [0.3, 0.4) is 0 Å². The second kappa shape index (κ2) is 12.6. The third kappa shape index (κ3) is 6.92. The summed E-state index contributed by atoms with van der Waals surface area (Å²) in [5.41, 5.74) is 4.42. The third-order valence-electron chi connectivity index (χ3n) is 8.89. The monoisotopic (exact) mass is 589 g/mol. The smallest absolute Gasteiger partial charge is 0.250 e. The Bertz CT molecular complexity index is 1360. The second-order valence-electron chi connectivity index (χ2n) is 12.8. The fraction of sp³-hybridized carbons (Fsp3) is 0.562. The van der Waals surface area contributed by atoms with Crippen molar-refractivity contribution >= 4 is 35.4 Å². The van der Waals surface area contributed by atoms with Crippen molar-refractivity contribution in [3.8, 4) is 22.9 Å². The van der Waals surface area contributed by atoms with Crippen molar-refractivity contribution in [1.82, 2.24) is 20.1 Å². The number of piperidine rings is 2. The minimum absolute atomic E-state index is 0.318. The van der Waals surface area contributed by atoms with Crippen molar-refractivity contribution in [2.24, 2.45) is 11.3 Å². The highest BCUT2D eigenvalue weighted by Gasteiger charge is 2.32. The zero-order valence-corrected chi connectivity index (χ0v) is 25.9. The van der Waals surface area contributed by atoms with Crippen LogP contribution in [0.15, 0.2) is 40.9 Å². The van der Waals surface area contributed by atoms with E-state index in [0.29, 0.717) is 29.5 Å². The first-order valence-electron chi connectivity index (χ1n) is 15.3. The van der Waals surface area contributed by atoms with Gasteiger partial charge in [0.15, 0.2) is 0 Å². The molecule has 6 rings (SSSR count). The number of aldehydes is 1. The molecule has 1 aliphatic carbocycles. The predicted molar refractivity (Wildman–Crippen MR) is 171 cm³/mol. The van der Waals surface area contributed by atoms with Crippen molar-refractivity contribution in [2.45, 2.75) is 57.1 Å². The number of hydrogen-bond acceptors (Lipinski definition) is 10. The Hall–Kier alpha value is -3.11. The van der Waals surface area contributed by atoms with Gasteiger partial charge in [-0.1, -0.05) is 6.92 Å². The molecule has 1 saturated carbocycles. The number of aromatic nitrogens is 3. The molecule has 0 unspecified atom stereocenters. The minimum atomic E-state index is 0.318. The van der Waals surface area contributed by atoms with E-state index in [1.165, 1.54) is 12.8 Å². The molecule has 9 nitrogen and oxygen atoms in total. The molecule has 3 fully saturated rings. The van der Waals surface area contributed by atoms with Crippen LogP contribution < -0.4 is 14.5 Å². The lowest BCUT2D eigenvalue weighted by Gasteiger charge is -2.42. The van der Waals surface area contributed by atoms with Gasteiger partial charge in [-0.2, -0.15) is 0 Å². The lowest BCUT2D eigenvalue weighted by Crippen LogP contribution is -2.43. The SMILES string of the molecule is CN(C)CC1(C)CCN(c2cc(NSC3CC3)ccc2-c2nnc(-c3ccnc(N4CCC(CC=O)CC4)c3)o2)CC1. The number of benzene rings is 1. The Labute approximate surface area is 253 Å². The summed E-state index contributed by atoms with van der Waals surface area (Å²) < 4.78 is 9.93. The van der Waals surface area contributed by atoms with Gasteiger partial charge in [0.1, 0.15) is 12.1 Å². The van der Waals surface area contributed by atoms with E-state index in [1.54, 1.807) is 0 Å². The van der Waals surface area contributed by atoms with Crippen molar-refractivity contribution < 1.29 is 9.21 Å². The molecule has 0 amide bonds. The summed E-state index contributed by atoms with van der Waals surface area (Å²) in [7, 11) is 4.33. The highest BCUT2D eigenvalue weighted by Crippen LogP contribution is 2.41. The van der Waals surface area contributed by atoms with Crippen molar-refractivity contribution in [2.75, 3.05) is 61.3 Å². The molecule has 3 aliphatic rings. The summed E-state index contributed by atoms with van der Waals surface area (Å²) >= 11 is 1.83. The van der Waals surface area contributed by atoms with E-state index in [2.05, 4.69) is 73.8 Å². The summed E-state index contributed by atoms with van der Waals surface area (Å²) in [5, 5.41) is 9.73. The Morgan fingerprint density at radius 3 is 2.50 bits per heavy atom. The molecule has 0 spiro atoms. The van der Waals surface area contributed by atoms with Crippen LogP contribution in [0.1, 0.15) is 51.9 Å². The highest BCUT2D eigenvalue weighted by molar-refractivity contribution is 8.01. The molecule has 2 aromatic heterocycles. The van der Waals surface area contributed by atoms with Crippen LogP contribution in [-0.4, -0.2) is 78.4 Å². The molecular weight excluding hydrogens is 546 g/mol. The molecule has 1 aromatic carbocycles. The largest absolute Gasteiger partial charge is 0.416 e. The first-order valence-corrected chi connectivity index (χ1v) is 16.2. The molecule has 0 bridgehead atoms. The van der Waals surface area contributed by atoms with E-state index in [4.69, 9.17) is 4.42 Å². The summed E-state index contributed by atoms with van der Waals surface area (Å²) in [4.78, 5) is 22.6. The summed E-state index contributed by atoms with van der Waals surface area (Å²) in [5.74, 6) is 2.43. The van der Waals surface area contributed by atoms with Crippen LogP contribution in [-0.2, 0) is 4.79 Å². The van der Waals surface area contributed by atoms with Crippen LogP contribution >= 0.6 is 11.9 Å². The summed E-state index contributed by atoms with van der Waals surface area (Å²) in [6, 6.07) is 10.5. The lowest BCUT2D eigenvalue weighted by atomic mass is 9.79. The number of rotatable bonds is 11. The van der Waals surface area contributed by atoms with Crippen LogP contribution in [0.2, 0.25) is 0 Å². The number of carbonyl (C=O) groups excluding carboxylic acids is 1. The van der Waals surface area contributed by atoms with E-state index in [1.807, 2.05) is 30.3 Å². The average molecular weight is 590 g/mol. The topological polar surface area (TPSA) is 90.6 Å². The number of nitrogens with one attached hydrogen (secondary N) is 1. The molecule has 2 aliphatic heterocycles. The molecule has 0 radical (unpaired) electrons. The van der Waals surface area contributed by atoms with Crippen LogP contribution in [0, 0.1) is 11.3 Å². The van der Waals surface area contributed by atoms with Gasteiger partial charge in [0.25, 0.3) is 0 Å². The Kier molecular flexibility index (Phi) is 8.72. The molecule has 224 valence electrons. The molecular formula is C32H43N7O2S. The van der Waals surface area contributed by atoms with Gasteiger partial charge in [-0.3, -0.25) is 0 Å². The van der Waals surface area contributed by atoms with E-state index in [-0.39, 0.29) is 0 Å². The average Bonchev–Trinajstić information content (AvgIpc) is 3.70. The number of pyridine rings is 1. The quantitative estimate of drug-likeness (QED) is 0.212. The maximum absolute atomic E-state index is 10.9. The zero-order valence-electron chi connectivity index (χ0n) is 25.1. The van der Waals surface area contributed by atoms with Gasteiger partial charge in [0.2, 0.25) is 11.8 Å². The predicted octanol–water partition coefficient (Wildman–Crippen LogP) is 5.99. The number of anilines is 3. The van der Waals surface area contributed by atoms with Crippen LogP contribution in [0.25, 0.3) is 22.9 Å². The van der Waals surface area contributed by atoms with E-state index in [9.17, 15) is 4.79 Å². The highest BCUT2D eigenvalue weighted by atomic mass is 32.2. The van der Waals surface area contributed by atoms with Gasteiger partial charge < -0.3 is 28.6 Å². The molecule has 10 heteroatoms. The Balaban J connectivity index is 1.22. The van der Waals surface area contributed by atoms with E-state index < -0.39 is 0 Å². The van der Waals surface area contributed by atoms with Crippen LogP contribution in [0.4, 0.5) is 17.2 Å². The van der Waals surface area contributed by atoms with E-state index in [0.717, 1.165) is 98.3 Å². The zero-order chi connectivity index (χ0) is 29.1. The lowest BCUT2D eigenvalue weighted by molar-refractivity contribution is -0.108. The minimum Gasteiger partial charge on any atom is -0.416 e.